The van der Waals surface area contributed by atoms with E-state index in [2.05, 4.69) is 0 Å². The summed E-state index contributed by atoms with van der Waals surface area (Å²) in [4.78, 5) is 0. The molecular weight excluding hydrogens is 274 g/mol. The average Bonchev–Trinajstić information content (AvgIpc) is 2.46. The van der Waals surface area contributed by atoms with Crippen molar-refractivity contribution in [2.45, 2.75) is 13.3 Å². The highest BCUT2D eigenvalue weighted by molar-refractivity contribution is 6.31. The quantitative estimate of drug-likeness (QED) is 0.794. The van der Waals surface area contributed by atoms with Gasteiger partial charge in [-0.25, -0.2) is 0 Å². The smallest absolute Gasteiger partial charge is 0.169 e. The Morgan fingerprint density at radius 1 is 1.15 bits per heavy atom. The molecule has 4 heteroatoms. The van der Waals surface area contributed by atoms with Crippen LogP contribution in [0.5, 0.6) is 17.2 Å². The van der Waals surface area contributed by atoms with Crippen molar-refractivity contribution < 1.29 is 9.47 Å². The van der Waals surface area contributed by atoms with E-state index in [4.69, 9.17) is 26.3 Å². The van der Waals surface area contributed by atoms with Crippen LogP contribution < -0.4 is 9.47 Å². The van der Waals surface area contributed by atoms with Crippen LogP contribution in [0.1, 0.15) is 18.9 Å². The Bertz CT molecular complexity index is 635. The third-order valence-corrected chi connectivity index (χ3v) is 2.91. The third-order valence-electron chi connectivity index (χ3n) is 2.60. The van der Waals surface area contributed by atoms with Crippen LogP contribution >= 0.6 is 11.6 Å². The van der Waals surface area contributed by atoms with E-state index in [1.165, 1.54) is 0 Å². The Balaban J connectivity index is 2.22. The van der Waals surface area contributed by atoms with Crippen molar-refractivity contribution in [3.05, 3.63) is 53.1 Å². The van der Waals surface area contributed by atoms with Crippen molar-refractivity contribution >= 4 is 11.6 Å². The van der Waals surface area contributed by atoms with Gasteiger partial charge in [-0.3, -0.25) is 0 Å². The molecule has 2 rings (SSSR count). The van der Waals surface area contributed by atoms with Crippen molar-refractivity contribution in [2.24, 2.45) is 0 Å². The first-order valence-corrected chi connectivity index (χ1v) is 6.71. The van der Waals surface area contributed by atoms with Crippen molar-refractivity contribution in [3.8, 4) is 23.3 Å². The Kier molecular flexibility index (Phi) is 4.86. The number of ether oxygens (including phenoxy) is 2. The molecule has 0 bridgehead atoms. The van der Waals surface area contributed by atoms with E-state index in [1.807, 2.05) is 37.3 Å². The molecule has 0 aromatic heterocycles. The number of benzene rings is 2. The molecule has 3 nitrogen and oxygen atoms in total. The fraction of sp³-hybridized carbons (Fsp3) is 0.188. The molecule has 0 aliphatic rings. The predicted molar refractivity (Wildman–Crippen MR) is 78.5 cm³/mol. The maximum absolute atomic E-state index is 8.85. The molecule has 0 atom stereocenters. The third kappa shape index (κ3) is 3.43. The minimum atomic E-state index is 0.372. The molecular formula is C16H14ClNO2. The lowest BCUT2D eigenvalue weighted by Gasteiger charge is -2.12. The number of nitrogens with zero attached hydrogens (tertiary/aromatic N) is 1. The number of nitriles is 1. The number of hydrogen-bond donors (Lipinski definition) is 0. The van der Waals surface area contributed by atoms with Gasteiger partial charge in [0.25, 0.3) is 0 Å². The van der Waals surface area contributed by atoms with E-state index >= 15 is 0 Å². The van der Waals surface area contributed by atoms with Crippen LogP contribution in [0.15, 0.2) is 42.5 Å². The first-order valence-electron chi connectivity index (χ1n) is 6.34. The molecule has 0 fully saturated rings. The minimum absolute atomic E-state index is 0.372. The van der Waals surface area contributed by atoms with Crippen molar-refractivity contribution in [2.75, 3.05) is 6.61 Å². The summed E-state index contributed by atoms with van der Waals surface area (Å²) in [6.45, 7) is 2.68. The van der Waals surface area contributed by atoms with E-state index in [9.17, 15) is 0 Å². The first-order chi connectivity index (χ1) is 9.74. The predicted octanol–water partition coefficient (Wildman–Crippen LogP) is 4.79. The summed E-state index contributed by atoms with van der Waals surface area (Å²) >= 11 is 5.99. The molecule has 20 heavy (non-hydrogen) atoms. The summed E-state index contributed by atoms with van der Waals surface area (Å²) < 4.78 is 11.4. The fourth-order valence-corrected chi connectivity index (χ4v) is 1.86. The van der Waals surface area contributed by atoms with Crippen LogP contribution in [-0.4, -0.2) is 6.61 Å². The van der Waals surface area contributed by atoms with Crippen LogP contribution in [-0.2, 0) is 0 Å². The Hall–Kier alpha value is -2.18. The second-order valence-corrected chi connectivity index (χ2v) is 4.56. The average molecular weight is 288 g/mol. The summed E-state index contributed by atoms with van der Waals surface area (Å²) in [5.41, 5.74) is 0.425. The second kappa shape index (κ2) is 6.83. The molecule has 0 radical (unpaired) electrons. The lowest BCUT2D eigenvalue weighted by atomic mass is 10.2. The molecule has 102 valence electrons. The Morgan fingerprint density at radius 3 is 2.55 bits per heavy atom. The summed E-state index contributed by atoms with van der Waals surface area (Å²) in [7, 11) is 0. The maximum atomic E-state index is 8.85. The highest BCUT2D eigenvalue weighted by Crippen LogP contribution is 2.33. The van der Waals surface area contributed by atoms with E-state index in [1.54, 1.807) is 18.2 Å². The highest BCUT2D eigenvalue weighted by atomic mass is 35.5. The lowest BCUT2D eigenvalue weighted by Crippen LogP contribution is -1.97. The van der Waals surface area contributed by atoms with Gasteiger partial charge in [-0.2, -0.15) is 5.26 Å². The first kappa shape index (κ1) is 14.2. The zero-order valence-corrected chi connectivity index (χ0v) is 11.9. The topological polar surface area (TPSA) is 42.2 Å². The second-order valence-electron chi connectivity index (χ2n) is 4.15. The summed E-state index contributed by atoms with van der Waals surface area (Å²) in [5.74, 6) is 1.89. The van der Waals surface area contributed by atoms with Gasteiger partial charge in [0.2, 0.25) is 0 Å². The molecule has 0 spiro atoms. The van der Waals surface area contributed by atoms with Crippen LogP contribution in [0.3, 0.4) is 0 Å². The van der Waals surface area contributed by atoms with E-state index in [0.717, 1.165) is 6.42 Å². The van der Waals surface area contributed by atoms with E-state index in [0.29, 0.717) is 34.4 Å². The molecule has 0 N–H and O–H groups in total. The minimum Gasteiger partial charge on any atom is -0.490 e. The van der Waals surface area contributed by atoms with Crippen LogP contribution in [0.2, 0.25) is 5.02 Å². The van der Waals surface area contributed by atoms with E-state index < -0.39 is 0 Å². The van der Waals surface area contributed by atoms with Crippen LogP contribution in [0, 0.1) is 11.3 Å². The van der Waals surface area contributed by atoms with Gasteiger partial charge in [0, 0.05) is 6.07 Å². The van der Waals surface area contributed by atoms with Crippen LogP contribution in [0.25, 0.3) is 0 Å². The fourth-order valence-electron chi connectivity index (χ4n) is 1.64. The normalized spacial score (nSPS) is 9.85. The highest BCUT2D eigenvalue weighted by Gasteiger charge is 2.07. The molecule has 0 aliphatic heterocycles. The van der Waals surface area contributed by atoms with E-state index in [-0.39, 0.29) is 0 Å². The monoisotopic (exact) mass is 287 g/mol. The standard InChI is InChI=1S/C16H14ClNO2/c1-2-9-19-15-5-3-4-6-16(15)20-13-8-7-12(11-18)14(17)10-13/h3-8,10H,2,9H2,1H3. The number of para-hydroxylation sites is 2. The summed E-state index contributed by atoms with van der Waals surface area (Å²) in [5, 5.41) is 9.22. The van der Waals surface area contributed by atoms with Gasteiger partial charge in [-0.15, -0.1) is 0 Å². The van der Waals surface area contributed by atoms with Gasteiger partial charge in [0.15, 0.2) is 11.5 Å². The molecule has 0 aliphatic carbocycles. The van der Waals surface area contributed by atoms with Gasteiger partial charge in [0.05, 0.1) is 17.2 Å². The van der Waals surface area contributed by atoms with Gasteiger partial charge in [0.1, 0.15) is 11.8 Å². The molecule has 0 saturated carbocycles. The van der Waals surface area contributed by atoms with Crippen molar-refractivity contribution in [1.29, 1.82) is 5.26 Å². The molecule has 0 amide bonds. The Labute approximate surface area is 123 Å². The molecule has 0 saturated heterocycles. The van der Waals surface area contributed by atoms with Crippen LogP contribution in [0.4, 0.5) is 0 Å². The van der Waals surface area contributed by atoms with Gasteiger partial charge >= 0.3 is 0 Å². The van der Waals surface area contributed by atoms with Gasteiger partial charge in [-0.1, -0.05) is 30.7 Å². The SMILES string of the molecule is CCCOc1ccccc1Oc1ccc(C#N)c(Cl)c1. The molecule has 2 aromatic rings. The summed E-state index contributed by atoms with van der Waals surface area (Å²) in [6, 6.07) is 14.4. The number of hydrogen-bond acceptors (Lipinski definition) is 3. The van der Waals surface area contributed by atoms with Gasteiger partial charge in [-0.05, 0) is 30.7 Å². The molecule has 0 heterocycles. The lowest BCUT2D eigenvalue weighted by molar-refractivity contribution is 0.302. The zero-order chi connectivity index (χ0) is 14.4. The molecule has 0 unspecified atom stereocenters. The zero-order valence-electron chi connectivity index (χ0n) is 11.1. The van der Waals surface area contributed by atoms with Crippen molar-refractivity contribution in [1.82, 2.24) is 0 Å². The maximum Gasteiger partial charge on any atom is 0.169 e. The van der Waals surface area contributed by atoms with Gasteiger partial charge < -0.3 is 9.47 Å². The number of rotatable bonds is 5. The Morgan fingerprint density at radius 2 is 1.90 bits per heavy atom. The summed E-state index contributed by atoms with van der Waals surface area (Å²) in [6.07, 6.45) is 0.928. The van der Waals surface area contributed by atoms with Crippen molar-refractivity contribution in [3.63, 3.8) is 0 Å². The number of halogens is 1. The molecule has 2 aromatic carbocycles. The largest absolute Gasteiger partial charge is 0.490 e.